The molecule has 182 valence electrons. The summed E-state index contributed by atoms with van der Waals surface area (Å²) >= 11 is 0. The molecule has 0 saturated carbocycles. The summed E-state index contributed by atoms with van der Waals surface area (Å²) in [7, 11) is 0. The van der Waals surface area contributed by atoms with E-state index in [1.165, 1.54) is 10.9 Å². The Bertz CT molecular complexity index is 1510. The van der Waals surface area contributed by atoms with Crippen LogP contribution >= 0.6 is 0 Å². The van der Waals surface area contributed by atoms with Gasteiger partial charge in [-0.05, 0) is 30.7 Å². The van der Waals surface area contributed by atoms with Crippen LogP contribution in [-0.4, -0.2) is 41.0 Å². The molecule has 3 aromatic heterocycles. The van der Waals surface area contributed by atoms with Crippen LogP contribution in [-0.2, 0) is 16.8 Å². The molecule has 0 fully saturated rings. The lowest BCUT2D eigenvalue weighted by molar-refractivity contribution is -0.138. The van der Waals surface area contributed by atoms with Crippen molar-refractivity contribution in [3.05, 3.63) is 70.9 Å². The smallest absolute Gasteiger partial charge is 0.304 e. The molecule has 36 heavy (non-hydrogen) atoms. The largest absolute Gasteiger partial charge is 0.481 e. The van der Waals surface area contributed by atoms with Crippen molar-refractivity contribution in [3.8, 4) is 28.8 Å². The fraction of sp³-hybridized carbons (Fsp3) is 0.240. The number of nitrogens with two attached hydrogens (primary N) is 1. The standard InChI is InChI=1S/C25H23FN8O2/c1-14-15(11-27)6-4-8-17(14)24-30-22(21(26)23(28)31-24)18-13-34(33-32-18)12-16-7-5-9-19(29-16)25(2,3)10-20(35)36/h4-9,13H,10,12H2,1-3H3,(H,35,36)(H2,28,30,31). The number of carboxylic acids is 1. The Balaban J connectivity index is 1.66. The average molecular weight is 487 g/mol. The van der Waals surface area contributed by atoms with Crippen molar-refractivity contribution in [2.45, 2.75) is 39.2 Å². The lowest BCUT2D eigenvalue weighted by Crippen LogP contribution is -2.23. The molecule has 10 nitrogen and oxygen atoms in total. The summed E-state index contributed by atoms with van der Waals surface area (Å²) in [6.45, 7) is 5.61. The van der Waals surface area contributed by atoms with E-state index in [0.29, 0.717) is 28.1 Å². The molecule has 11 heteroatoms. The van der Waals surface area contributed by atoms with Crippen LogP contribution < -0.4 is 5.73 Å². The predicted octanol–water partition coefficient (Wildman–Crippen LogP) is 3.50. The lowest BCUT2D eigenvalue weighted by Gasteiger charge is -2.22. The average Bonchev–Trinajstić information content (AvgIpc) is 3.28. The van der Waals surface area contributed by atoms with Crippen molar-refractivity contribution in [3.63, 3.8) is 0 Å². The van der Waals surface area contributed by atoms with Gasteiger partial charge in [-0.15, -0.1) is 5.10 Å². The summed E-state index contributed by atoms with van der Waals surface area (Å²) in [5, 5.41) is 26.6. The van der Waals surface area contributed by atoms with Gasteiger partial charge in [-0.1, -0.05) is 37.3 Å². The number of aromatic nitrogens is 6. The van der Waals surface area contributed by atoms with Crippen molar-refractivity contribution in [2.75, 3.05) is 5.73 Å². The zero-order chi connectivity index (χ0) is 26.0. The number of hydrogen-bond acceptors (Lipinski definition) is 8. The van der Waals surface area contributed by atoms with Crippen LogP contribution in [0.5, 0.6) is 0 Å². The SMILES string of the molecule is Cc1c(C#N)cccc1-c1nc(N)c(F)c(-c2cn(Cc3cccc(C(C)(C)CC(=O)O)n3)nn2)n1. The van der Waals surface area contributed by atoms with Gasteiger partial charge in [0.05, 0.1) is 36.5 Å². The molecular weight excluding hydrogens is 463 g/mol. The number of anilines is 1. The minimum absolute atomic E-state index is 0.0651. The molecule has 0 aliphatic carbocycles. The molecule has 0 atom stereocenters. The first-order chi connectivity index (χ1) is 17.1. The second-order valence-corrected chi connectivity index (χ2v) is 8.95. The van der Waals surface area contributed by atoms with Crippen molar-refractivity contribution in [1.29, 1.82) is 5.26 Å². The van der Waals surface area contributed by atoms with E-state index in [-0.39, 0.29) is 36.0 Å². The number of halogens is 1. The quantitative estimate of drug-likeness (QED) is 0.399. The van der Waals surface area contributed by atoms with E-state index < -0.39 is 17.2 Å². The molecule has 3 heterocycles. The van der Waals surface area contributed by atoms with E-state index in [2.05, 4.69) is 31.3 Å². The first-order valence-electron chi connectivity index (χ1n) is 11.0. The number of aliphatic carboxylic acids is 1. The number of benzene rings is 1. The Morgan fingerprint density at radius 2 is 1.94 bits per heavy atom. The molecule has 0 aliphatic rings. The summed E-state index contributed by atoms with van der Waals surface area (Å²) in [6, 6.07) is 12.6. The van der Waals surface area contributed by atoms with Gasteiger partial charge in [0.1, 0.15) is 11.4 Å². The van der Waals surface area contributed by atoms with Gasteiger partial charge in [0.25, 0.3) is 0 Å². The Labute approximate surface area is 206 Å². The van der Waals surface area contributed by atoms with E-state index in [1.54, 1.807) is 43.3 Å². The predicted molar refractivity (Wildman–Crippen MR) is 129 cm³/mol. The molecule has 0 spiro atoms. The van der Waals surface area contributed by atoms with E-state index in [1.807, 2.05) is 13.8 Å². The molecule has 3 N–H and O–H groups in total. The van der Waals surface area contributed by atoms with Crippen LogP contribution in [0.3, 0.4) is 0 Å². The van der Waals surface area contributed by atoms with Gasteiger partial charge >= 0.3 is 5.97 Å². The molecule has 4 aromatic rings. The van der Waals surface area contributed by atoms with Gasteiger partial charge in [0.15, 0.2) is 17.5 Å². The second kappa shape index (κ2) is 9.50. The molecule has 0 radical (unpaired) electrons. The summed E-state index contributed by atoms with van der Waals surface area (Å²) < 4.78 is 16.4. The fourth-order valence-corrected chi connectivity index (χ4v) is 3.82. The number of carbonyl (C=O) groups is 1. The highest BCUT2D eigenvalue weighted by Crippen LogP contribution is 2.29. The van der Waals surface area contributed by atoms with E-state index in [4.69, 9.17) is 5.73 Å². The lowest BCUT2D eigenvalue weighted by atomic mass is 9.85. The van der Waals surface area contributed by atoms with Crippen LogP contribution in [0.2, 0.25) is 0 Å². The van der Waals surface area contributed by atoms with Crippen LogP contribution in [0.25, 0.3) is 22.8 Å². The highest BCUT2D eigenvalue weighted by molar-refractivity contribution is 5.69. The highest BCUT2D eigenvalue weighted by Gasteiger charge is 2.26. The van der Waals surface area contributed by atoms with Gasteiger partial charge in [-0.2, -0.15) is 5.26 Å². The van der Waals surface area contributed by atoms with E-state index in [9.17, 15) is 19.6 Å². The molecule has 0 saturated heterocycles. The van der Waals surface area contributed by atoms with E-state index in [0.717, 1.165) is 0 Å². The summed E-state index contributed by atoms with van der Waals surface area (Å²) in [5.74, 6) is -1.91. The third-order valence-corrected chi connectivity index (χ3v) is 5.77. The first-order valence-corrected chi connectivity index (χ1v) is 11.0. The molecule has 0 bridgehead atoms. The van der Waals surface area contributed by atoms with Crippen molar-refractivity contribution >= 4 is 11.8 Å². The number of rotatable bonds is 7. The highest BCUT2D eigenvalue weighted by atomic mass is 19.1. The Kier molecular flexibility index (Phi) is 6.44. The topological polar surface area (TPSA) is 156 Å². The maximum atomic E-state index is 14.9. The van der Waals surface area contributed by atoms with Crippen LogP contribution in [0.15, 0.2) is 42.6 Å². The number of pyridine rings is 1. The monoisotopic (exact) mass is 486 g/mol. The van der Waals surface area contributed by atoms with Gasteiger partial charge in [0, 0.05) is 16.7 Å². The van der Waals surface area contributed by atoms with Gasteiger partial charge in [-0.3, -0.25) is 9.78 Å². The van der Waals surface area contributed by atoms with Gasteiger partial charge < -0.3 is 10.8 Å². The Hall–Kier alpha value is -4.72. The van der Waals surface area contributed by atoms with Crippen LogP contribution in [0.4, 0.5) is 10.2 Å². The summed E-state index contributed by atoms with van der Waals surface area (Å²) in [5.41, 5.74) is 8.15. The van der Waals surface area contributed by atoms with Crippen molar-refractivity contribution in [2.24, 2.45) is 0 Å². The minimum Gasteiger partial charge on any atom is -0.481 e. The van der Waals surface area contributed by atoms with E-state index >= 15 is 0 Å². The number of carboxylic acid groups (broad SMARTS) is 1. The number of nitriles is 1. The molecule has 4 rings (SSSR count). The molecular formula is C25H23FN8O2. The molecule has 0 aliphatic heterocycles. The van der Waals surface area contributed by atoms with Crippen LogP contribution in [0, 0.1) is 24.1 Å². The van der Waals surface area contributed by atoms with Crippen molar-refractivity contribution in [1.82, 2.24) is 29.9 Å². The van der Waals surface area contributed by atoms with Gasteiger partial charge in [0.2, 0.25) is 0 Å². The normalized spacial score (nSPS) is 11.3. The zero-order valence-electron chi connectivity index (χ0n) is 19.9. The number of nitrogens with zero attached hydrogens (tertiary/aromatic N) is 7. The molecule has 0 amide bonds. The fourth-order valence-electron chi connectivity index (χ4n) is 3.82. The third kappa shape index (κ3) is 4.88. The Morgan fingerprint density at radius 3 is 2.67 bits per heavy atom. The third-order valence-electron chi connectivity index (χ3n) is 5.77. The second-order valence-electron chi connectivity index (χ2n) is 8.95. The summed E-state index contributed by atoms with van der Waals surface area (Å²) in [6.07, 6.45) is 1.45. The zero-order valence-corrected chi connectivity index (χ0v) is 19.9. The van der Waals surface area contributed by atoms with Gasteiger partial charge in [-0.25, -0.2) is 19.0 Å². The number of hydrogen-bond donors (Lipinski definition) is 2. The number of nitrogen functional groups attached to an aromatic ring is 1. The minimum atomic E-state index is -0.909. The first kappa shape index (κ1) is 24.4. The molecule has 1 aromatic carbocycles. The maximum Gasteiger partial charge on any atom is 0.304 e. The van der Waals surface area contributed by atoms with Crippen molar-refractivity contribution < 1.29 is 14.3 Å². The molecule has 0 unspecified atom stereocenters. The maximum absolute atomic E-state index is 14.9. The summed E-state index contributed by atoms with van der Waals surface area (Å²) in [4.78, 5) is 24.2. The Morgan fingerprint density at radius 1 is 1.19 bits per heavy atom. The van der Waals surface area contributed by atoms with Crippen LogP contribution in [0.1, 0.15) is 42.8 Å².